The van der Waals surface area contributed by atoms with E-state index in [0.29, 0.717) is 12.0 Å². The molecule has 2 aromatic carbocycles. The number of nitrogens with one attached hydrogen (secondary N) is 3. The summed E-state index contributed by atoms with van der Waals surface area (Å²) < 4.78 is 38.4. The van der Waals surface area contributed by atoms with E-state index >= 15 is 0 Å². The topological polar surface area (TPSA) is 73.4 Å². The Kier molecular flexibility index (Phi) is 5.12. The highest BCUT2D eigenvalue weighted by Crippen LogP contribution is 2.34. The first-order valence-electron chi connectivity index (χ1n) is 8.44. The van der Waals surface area contributed by atoms with Gasteiger partial charge in [0.2, 0.25) is 5.91 Å². The molecule has 0 aliphatic carbocycles. The standard InChI is InChI=1S/C19H20F3N3O2/c1-10-6-11(2)17(26)14(7-10)15-9-16(25-24-15)18(27)23-13-5-3-4-12(8-13)19(20,21)22/h3-8,15-16,24-26H,9H2,1-2H3,(H,23,27). The van der Waals surface area contributed by atoms with E-state index in [-0.39, 0.29) is 17.5 Å². The molecule has 2 atom stereocenters. The minimum atomic E-state index is -4.47. The van der Waals surface area contributed by atoms with Gasteiger partial charge in [0.15, 0.2) is 0 Å². The highest BCUT2D eigenvalue weighted by Gasteiger charge is 2.33. The van der Waals surface area contributed by atoms with Gasteiger partial charge in [-0.3, -0.25) is 4.79 Å². The van der Waals surface area contributed by atoms with Crippen molar-refractivity contribution in [3.63, 3.8) is 0 Å². The van der Waals surface area contributed by atoms with Crippen molar-refractivity contribution >= 4 is 11.6 Å². The van der Waals surface area contributed by atoms with Crippen LogP contribution in [0.15, 0.2) is 36.4 Å². The molecule has 0 aromatic heterocycles. The summed E-state index contributed by atoms with van der Waals surface area (Å²) in [5, 5.41) is 12.8. The van der Waals surface area contributed by atoms with Crippen LogP contribution in [-0.4, -0.2) is 17.1 Å². The highest BCUT2D eigenvalue weighted by atomic mass is 19.4. The molecule has 2 aromatic rings. The van der Waals surface area contributed by atoms with Crippen molar-refractivity contribution in [2.45, 2.75) is 38.5 Å². The molecule has 27 heavy (non-hydrogen) atoms. The van der Waals surface area contributed by atoms with Gasteiger partial charge in [-0.25, -0.2) is 10.9 Å². The lowest BCUT2D eigenvalue weighted by Crippen LogP contribution is -2.39. The zero-order chi connectivity index (χ0) is 19.8. The lowest BCUT2D eigenvalue weighted by molar-refractivity contribution is -0.137. The van der Waals surface area contributed by atoms with E-state index in [4.69, 9.17) is 0 Å². The molecule has 8 heteroatoms. The van der Waals surface area contributed by atoms with E-state index < -0.39 is 23.7 Å². The fourth-order valence-corrected chi connectivity index (χ4v) is 3.19. The Hall–Kier alpha value is -2.58. The minimum absolute atomic E-state index is 0.0781. The first-order valence-corrected chi connectivity index (χ1v) is 8.44. The van der Waals surface area contributed by atoms with Gasteiger partial charge in [0.25, 0.3) is 0 Å². The second-order valence-corrected chi connectivity index (χ2v) is 6.72. The van der Waals surface area contributed by atoms with Crippen molar-refractivity contribution < 1.29 is 23.1 Å². The summed E-state index contributed by atoms with van der Waals surface area (Å²) in [5.41, 5.74) is 7.47. The van der Waals surface area contributed by atoms with Crippen LogP contribution in [-0.2, 0) is 11.0 Å². The van der Waals surface area contributed by atoms with Crippen molar-refractivity contribution in [1.82, 2.24) is 10.9 Å². The van der Waals surface area contributed by atoms with E-state index in [1.165, 1.54) is 12.1 Å². The predicted octanol–water partition coefficient (Wildman–Crippen LogP) is 3.57. The van der Waals surface area contributed by atoms with Crippen LogP contribution in [0.4, 0.5) is 18.9 Å². The SMILES string of the molecule is Cc1cc(C)c(O)c(C2CC(C(=O)Nc3cccc(C(F)(F)F)c3)NN2)c1. The molecular formula is C19H20F3N3O2. The van der Waals surface area contributed by atoms with Crippen molar-refractivity contribution in [2.75, 3.05) is 5.32 Å². The lowest BCUT2D eigenvalue weighted by Gasteiger charge is -2.15. The second-order valence-electron chi connectivity index (χ2n) is 6.72. The summed E-state index contributed by atoms with van der Waals surface area (Å²) in [6.45, 7) is 3.71. The Morgan fingerprint density at radius 1 is 1.19 bits per heavy atom. The van der Waals surface area contributed by atoms with Gasteiger partial charge >= 0.3 is 6.18 Å². The van der Waals surface area contributed by atoms with Crippen LogP contribution in [0, 0.1) is 13.8 Å². The quantitative estimate of drug-likeness (QED) is 0.658. The highest BCUT2D eigenvalue weighted by molar-refractivity contribution is 5.95. The minimum Gasteiger partial charge on any atom is -0.507 e. The number of anilines is 1. The number of hydrogen-bond donors (Lipinski definition) is 4. The smallest absolute Gasteiger partial charge is 0.416 e. The largest absolute Gasteiger partial charge is 0.507 e. The summed E-state index contributed by atoms with van der Waals surface area (Å²) in [4.78, 5) is 12.4. The molecule has 3 rings (SSSR count). The molecule has 4 N–H and O–H groups in total. The normalized spacial score (nSPS) is 19.9. The van der Waals surface area contributed by atoms with Crippen LogP contribution in [0.25, 0.3) is 0 Å². The maximum Gasteiger partial charge on any atom is 0.416 e. The van der Waals surface area contributed by atoms with E-state index in [2.05, 4.69) is 16.2 Å². The molecule has 0 bridgehead atoms. The maximum atomic E-state index is 12.8. The zero-order valence-electron chi connectivity index (χ0n) is 14.8. The van der Waals surface area contributed by atoms with E-state index in [1.54, 1.807) is 6.92 Å². The summed E-state index contributed by atoms with van der Waals surface area (Å²) in [7, 11) is 0. The van der Waals surface area contributed by atoms with Crippen LogP contribution < -0.4 is 16.2 Å². The third kappa shape index (κ3) is 4.23. The van der Waals surface area contributed by atoms with E-state index in [0.717, 1.165) is 23.3 Å². The first kappa shape index (κ1) is 19.2. The number of hydrogen-bond acceptors (Lipinski definition) is 4. The molecule has 1 fully saturated rings. The van der Waals surface area contributed by atoms with Crippen LogP contribution in [0.1, 0.15) is 34.7 Å². The monoisotopic (exact) mass is 379 g/mol. The van der Waals surface area contributed by atoms with Crippen LogP contribution >= 0.6 is 0 Å². The molecule has 1 saturated heterocycles. The fraction of sp³-hybridized carbons (Fsp3) is 0.316. The van der Waals surface area contributed by atoms with Gasteiger partial charge < -0.3 is 10.4 Å². The number of carbonyl (C=O) groups is 1. The number of halogens is 3. The molecule has 0 radical (unpaired) electrons. The Balaban J connectivity index is 1.70. The van der Waals surface area contributed by atoms with Gasteiger partial charge in [-0.2, -0.15) is 13.2 Å². The van der Waals surface area contributed by atoms with Gasteiger partial charge in [-0.05, 0) is 44.0 Å². The number of amides is 1. The predicted molar refractivity (Wildman–Crippen MR) is 95.1 cm³/mol. The van der Waals surface area contributed by atoms with Gasteiger partial charge in [0, 0.05) is 11.3 Å². The average Bonchev–Trinajstić information content (AvgIpc) is 3.07. The Labute approximate surface area is 154 Å². The van der Waals surface area contributed by atoms with Gasteiger partial charge in [0.05, 0.1) is 11.6 Å². The van der Waals surface area contributed by atoms with Crippen LogP contribution in [0.3, 0.4) is 0 Å². The van der Waals surface area contributed by atoms with Gasteiger partial charge in [-0.1, -0.05) is 23.8 Å². The number of carbonyl (C=O) groups excluding carboxylic acids is 1. The molecule has 1 aliphatic rings. The number of benzene rings is 2. The number of aryl methyl sites for hydroxylation is 2. The molecule has 1 amide bonds. The molecule has 2 unspecified atom stereocenters. The van der Waals surface area contributed by atoms with Gasteiger partial charge in [-0.15, -0.1) is 0 Å². The van der Waals surface area contributed by atoms with Crippen LogP contribution in [0.5, 0.6) is 5.75 Å². The Bertz CT molecular complexity index is 868. The summed E-state index contributed by atoms with van der Waals surface area (Å²) >= 11 is 0. The van der Waals surface area contributed by atoms with E-state index in [1.807, 2.05) is 19.1 Å². The average molecular weight is 379 g/mol. The molecule has 0 spiro atoms. The molecule has 144 valence electrons. The van der Waals surface area contributed by atoms with Crippen molar-refractivity contribution in [3.05, 3.63) is 58.7 Å². The van der Waals surface area contributed by atoms with Crippen molar-refractivity contribution in [2.24, 2.45) is 0 Å². The summed E-state index contributed by atoms with van der Waals surface area (Å²) in [5.74, 6) is -0.285. The zero-order valence-corrected chi connectivity index (χ0v) is 14.8. The lowest BCUT2D eigenvalue weighted by atomic mass is 9.96. The maximum absolute atomic E-state index is 12.8. The second kappa shape index (κ2) is 7.21. The number of alkyl halides is 3. The first-order chi connectivity index (χ1) is 12.6. The summed E-state index contributed by atoms with van der Waals surface area (Å²) in [6, 6.07) is 7.26. The third-order valence-corrected chi connectivity index (χ3v) is 4.53. The van der Waals surface area contributed by atoms with Gasteiger partial charge in [0.1, 0.15) is 11.8 Å². The third-order valence-electron chi connectivity index (χ3n) is 4.53. The number of aromatic hydroxyl groups is 1. The fourth-order valence-electron chi connectivity index (χ4n) is 3.19. The number of rotatable bonds is 3. The molecule has 1 aliphatic heterocycles. The van der Waals surface area contributed by atoms with Crippen molar-refractivity contribution in [1.29, 1.82) is 0 Å². The van der Waals surface area contributed by atoms with Crippen molar-refractivity contribution in [3.8, 4) is 5.75 Å². The molecule has 0 saturated carbocycles. The number of phenolic OH excluding ortho intramolecular Hbond substituents is 1. The number of phenols is 1. The Morgan fingerprint density at radius 3 is 2.63 bits per heavy atom. The summed E-state index contributed by atoms with van der Waals surface area (Å²) in [6.07, 6.45) is -4.12. The van der Waals surface area contributed by atoms with Crippen LogP contribution in [0.2, 0.25) is 0 Å². The molecule has 1 heterocycles. The number of hydrazine groups is 1. The van der Waals surface area contributed by atoms with E-state index in [9.17, 15) is 23.1 Å². The molecular weight excluding hydrogens is 359 g/mol. The molecule has 5 nitrogen and oxygen atoms in total. The Morgan fingerprint density at radius 2 is 1.93 bits per heavy atom.